The van der Waals surface area contributed by atoms with Crippen molar-refractivity contribution in [3.8, 4) is 0 Å². The number of hydrogen-bond acceptors (Lipinski definition) is 7. The standard InChI is InChI=1S/C23H18N2O6/c1-23(2)9-15(26)19(16(27)10-23)25-24-18-14(22(30)31)8-7-13-17(18)21(29)12-6-4-3-5-11(12)20(13)28/h3-8,26H,9-10H2,1-2H3,(H,30,31). The van der Waals surface area contributed by atoms with E-state index in [1.807, 2.05) is 13.8 Å². The number of carbonyl (C=O) groups is 4. The smallest absolute Gasteiger partial charge is 0.337 e. The molecule has 156 valence electrons. The van der Waals surface area contributed by atoms with E-state index in [2.05, 4.69) is 10.2 Å². The SMILES string of the molecule is CC1(C)CC(=O)C(N=Nc2c(C(=O)O)ccc3c2C(=O)c2ccccc2C3=O)=C(O)C1. The third-order valence-corrected chi connectivity index (χ3v) is 5.37. The highest BCUT2D eigenvalue weighted by molar-refractivity contribution is 6.30. The first-order chi connectivity index (χ1) is 14.6. The maximum Gasteiger partial charge on any atom is 0.337 e. The van der Waals surface area contributed by atoms with Crippen molar-refractivity contribution >= 4 is 29.0 Å². The first kappa shape index (κ1) is 20.3. The van der Waals surface area contributed by atoms with E-state index in [9.17, 15) is 29.4 Å². The molecule has 0 saturated heterocycles. The lowest BCUT2D eigenvalue weighted by atomic mass is 9.78. The molecule has 0 radical (unpaired) electrons. The van der Waals surface area contributed by atoms with Gasteiger partial charge in [-0.1, -0.05) is 38.1 Å². The van der Waals surface area contributed by atoms with Gasteiger partial charge in [0.1, 0.15) is 11.4 Å². The maximum atomic E-state index is 13.1. The molecule has 8 nitrogen and oxygen atoms in total. The summed E-state index contributed by atoms with van der Waals surface area (Å²) in [4.78, 5) is 50.2. The van der Waals surface area contributed by atoms with E-state index in [-0.39, 0.29) is 57.8 Å². The minimum absolute atomic E-state index is 0.0111. The summed E-state index contributed by atoms with van der Waals surface area (Å²) in [6.07, 6.45) is 0.339. The number of carboxylic acids is 1. The van der Waals surface area contributed by atoms with Crippen LogP contribution in [0.4, 0.5) is 5.69 Å². The average Bonchev–Trinajstić information content (AvgIpc) is 2.69. The second-order valence-electron chi connectivity index (χ2n) is 8.33. The van der Waals surface area contributed by atoms with Gasteiger partial charge in [0.15, 0.2) is 23.0 Å². The van der Waals surface area contributed by atoms with Gasteiger partial charge in [-0.2, -0.15) is 0 Å². The van der Waals surface area contributed by atoms with Crippen molar-refractivity contribution < 1.29 is 29.4 Å². The molecule has 0 spiro atoms. The molecule has 0 heterocycles. The van der Waals surface area contributed by atoms with E-state index < -0.39 is 28.7 Å². The lowest BCUT2D eigenvalue weighted by Crippen LogP contribution is -2.25. The fourth-order valence-corrected chi connectivity index (χ4v) is 3.94. The summed E-state index contributed by atoms with van der Waals surface area (Å²) in [6.45, 7) is 3.65. The Labute approximate surface area is 176 Å². The number of aliphatic hydroxyl groups excluding tert-OH is 1. The Bertz CT molecular complexity index is 1250. The highest BCUT2D eigenvalue weighted by Gasteiger charge is 2.35. The van der Waals surface area contributed by atoms with Gasteiger partial charge in [-0.25, -0.2) is 4.79 Å². The summed E-state index contributed by atoms with van der Waals surface area (Å²) in [5, 5.41) is 27.6. The molecule has 0 saturated carbocycles. The van der Waals surface area contributed by atoms with E-state index in [1.54, 1.807) is 12.1 Å². The summed E-state index contributed by atoms with van der Waals surface area (Å²) in [5.41, 5.74) is -1.20. The van der Waals surface area contributed by atoms with Crippen LogP contribution in [-0.2, 0) is 4.79 Å². The van der Waals surface area contributed by atoms with Crippen molar-refractivity contribution in [3.05, 3.63) is 75.7 Å². The average molecular weight is 418 g/mol. The van der Waals surface area contributed by atoms with Crippen LogP contribution in [-0.4, -0.2) is 33.5 Å². The molecular weight excluding hydrogens is 400 g/mol. The molecule has 2 aliphatic carbocycles. The first-order valence-corrected chi connectivity index (χ1v) is 9.56. The fourth-order valence-electron chi connectivity index (χ4n) is 3.94. The van der Waals surface area contributed by atoms with Crippen LogP contribution in [0.15, 0.2) is 58.1 Å². The predicted molar refractivity (Wildman–Crippen MR) is 109 cm³/mol. The molecule has 2 N–H and O–H groups in total. The predicted octanol–water partition coefficient (Wildman–Crippen LogP) is 4.40. The Morgan fingerprint density at radius 1 is 0.903 bits per heavy atom. The molecule has 8 heteroatoms. The number of benzene rings is 2. The summed E-state index contributed by atoms with van der Waals surface area (Å²) in [5.74, 6) is -3.05. The molecule has 0 bridgehead atoms. The second kappa shape index (κ2) is 7.09. The van der Waals surface area contributed by atoms with Crippen molar-refractivity contribution in [3.63, 3.8) is 0 Å². The second-order valence-corrected chi connectivity index (χ2v) is 8.33. The van der Waals surface area contributed by atoms with Crippen molar-refractivity contribution in [2.45, 2.75) is 26.7 Å². The highest BCUT2D eigenvalue weighted by atomic mass is 16.4. The van der Waals surface area contributed by atoms with Crippen LogP contribution in [0.1, 0.15) is 68.9 Å². The Kier molecular flexibility index (Phi) is 4.65. The molecule has 0 fully saturated rings. The molecule has 0 amide bonds. The zero-order valence-electron chi connectivity index (χ0n) is 16.8. The van der Waals surface area contributed by atoms with E-state index in [0.717, 1.165) is 0 Å². The van der Waals surface area contributed by atoms with Crippen molar-refractivity contribution in [2.75, 3.05) is 0 Å². The zero-order valence-corrected chi connectivity index (χ0v) is 16.8. The van der Waals surface area contributed by atoms with E-state index in [1.165, 1.54) is 24.3 Å². The first-order valence-electron chi connectivity index (χ1n) is 9.56. The Balaban J connectivity index is 1.90. The number of azo groups is 1. The summed E-state index contributed by atoms with van der Waals surface area (Å²) < 4.78 is 0. The van der Waals surface area contributed by atoms with Gasteiger partial charge in [-0.3, -0.25) is 14.4 Å². The molecule has 2 aromatic carbocycles. The minimum atomic E-state index is -1.37. The van der Waals surface area contributed by atoms with E-state index in [4.69, 9.17) is 0 Å². The van der Waals surface area contributed by atoms with Gasteiger partial charge in [0.2, 0.25) is 0 Å². The van der Waals surface area contributed by atoms with Gasteiger partial charge < -0.3 is 10.2 Å². The van der Waals surface area contributed by atoms with Gasteiger partial charge in [0.25, 0.3) is 0 Å². The van der Waals surface area contributed by atoms with Crippen LogP contribution >= 0.6 is 0 Å². The van der Waals surface area contributed by atoms with Crippen LogP contribution in [0.5, 0.6) is 0 Å². The number of allylic oxidation sites excluding steroid dienone is 2. The molecule has 0 unspecified atom stereocenters. The monoisotopic (exact) mass is 418 g/mol. The fraction of sp³-hybridized carbons (Fsp3) is 0.217. The highest BCUT2D eigenvalue weighted by Crippen LogP contribution is 2.39. The lowest BCUT2D eigenvalue weighted by Gasteiger charge is -2.27. The van der Waals surface area contributed by atoms with Crippen LogP contribution < -0.4 is 0 Å². The topological polar surface area (TPSA) is 133 Å². The van der Waals surface area contributed by atoms with Crippen molar-refractivity contribution in [1.82, 2.24) is 0 Å². The number of carboxylic acid groups (broad SMARTS) is 1. The van der Waals surface area contributed by atoms with Crippen LogP contribution in [0.2, 0.25) is 0 Å². The van der Waals surface area contributed by atoms with Crippen LogP contribution in [0, 0.1) is 5.41 Å². The normalized spacial score (nSPS) is 17.7. The maximum absolute atomic E-state index is 13.1. The number of aliphatic hydroxyl groups is 1. The summed E-state index contributed by atoms with van der Waals surface area (Å²) >= 11 is 0. The van der Waals surface area contributed by atoms with Gasteiger partial charge in [0, 0.05) is 29.5 Å². The third-order valence-electron chi connectivity index (χ3n) is 5.37. The molecular formula is C23H18N2O6. The number of rotatable bonds is 3. The zero-order chi connectivity index (χ0) is 22.5. The van der Waals surface area contributed by atoms with Gasteiger partial charge in [0.05, 0.1) is 11.1 Å². The Morgan fingerprint density at radius 2 is 1.55 bits per heavy atom. The van der Waals surface area contributed by atoms with E-state index >= 15 is 0 Å². The van der Waals surface area contributed by atoms with E-state index in [0.29, 0.717) is 0 Å². The quantitative estimate of drug-likeness (QED) is 0.606. The molecule has 4 rings (SSSR count). The molecule has 0 aliphatic heterocycles. The molecule has 31 heavy (non-hydrogen) atoms. The molecule has 0 atom stereocenters. The Morgan fingerprint density at radius 3 is 2.16 bits per heavy atom. The van der Waals surface area contributed by atoms with Crippen molar-refractivity contribution in [1.29, 1.82) is 0 Å². The molecule has 2 aromatic rings. The number of Topliss-reactive ketones (excluding diaryl/α,β-unsaturated/α-hetero) is 1. The largest absolute Gasteiger partial charge is 0.510 e. The minimum Gasteiger partial charge on any atom is -0.510 e. The van der Waals surface area contributed by atoms with Crippen LogP contribution in [0.25, 0.3) is 0 Å². The van der Waals surface area contributed by atoms with Crippen molar-refractivity contribution in [2.24, 2.45) is 15.6 Å². The number of nitrogens with zero attached hydrogens (tertiary/aromatic N) is 2. The van der Waals surface area contributed by atoms with Gasteiger partial charge >= 0.3 is 5.97 Å². The number of fused-ring (bicyclic) bond motifs is 2. The third kappa shape index (κ3) is 3.35. The van der Waals surface area contributed by atoms with Crippen LogP contribution in [0.3, 0.4) is 0 Å². The van der Waals surface area contributed by atoms with Gasteiger partial charge in [-0.05, 0) is 17.5 Å². The number of ketones is 3. The summed E-state index contributed by atoms with van der Waals surface area (Å²) in [7, 11) is 0. The molecule has 0 aromatic heterocycles. The number of hydrogen-bond donors (Lipinski definition) is 2. The Hall–Kier alpha value is -3.94. The lowest BCUT2D eigenvalue weighted by molar-refractivity contribution is -0.118. The number of aromatic carboxylic acids is 1. The summed E-state index contributed by atoms with van der Waals surface area (Å²) in [6, 6.07) is 8.69. The molecule has 2 aliphatic rings. The number of carbonyl (C=O) groups excluding carboxylic acids is 3. The van der Waals surface area contributed by atoms with Gasteiger partial charge in [-0.15, -0.1) is 10.2 Å².